The maximum Gasteiger partial charge on any atom is 0.326 e. The maximum absolute atomic E-state index is 13.9. The van der Waals surface area contributed by atoms with Gasteiger partial charge in [-0.1, -0.05) is 56.7 Å². The molecule has 256 valence electrons. The Morgan fingerprint density at radius 1 is 0.812 bits per heavy atom. The van der Waals surface area contributed by atoms with Crippen molar-refractivity contribution >= 4 is 51.5 Å². The average Bonchev–Trinajstić information content (AvgIpc) is 3.67. The van der Waals surface area contributed by atoms with Crippen molar-refractivity contribution in [2.75, 3.05) is 6.54 Å². The van der Waals surface area contributed by atoms with E-state index in [1.54, 1.807) is 19.3 Å². The highest BCUT2D eigenvalue weighted by atomic mass is 16.4. The third kappa shape index (κ3) is 9.12. The van der Waals surface area contributed by atoms with Crippen LogP contribution in [0.5, 0.6) is 0 Å². The van der Waals surface area contributed by atoms with Crippen molar-refractivity contribution in [3.05, 3.63) is 72.1 Å². The second-order valence-electron chi connectivity index (χ2n) is 12.0. The fraction of sp³-hybridized carbons (Fsp3) is 0.382. The predicted molar refractivity (Wildman–Crippen MR) is 185 cm³/mol. The molecular weight excluding hydrogens is 614 g/mol. The molecule has 14 heteroatoms. The molecule has 5 unspecified atom stereocenters. The van der Waals surface area contributed by atoms with Crippen LogP contribution >= 0.6 is 0 Å². The molecule has 2 aromatic heterocycles. The van der Waals surface area contributed by atoms with Crippen LogP contribution in [-0.4, -0.2) is 75.4 Å². The van der Waals surface area contributed by atoms with Crippen LogP contribution in [0.2, 0.25) is 0 Å². The number of carboxylic acids is 1. The van der Waals surface area contributed by atoms with Crippen molar-refractivity contribution in [2.24, 2.45) is 28.1 Å². The first kappa shape index (κ1) is 35.5. The van der Waals surface area contributed by atoms with Gasteiger partial charge in [0.1, 0.15) is 18.1 Å². The molecule has 2 aromatic carbocycles. The maximum atomic E-state index is 13.9. The van der Waals surface area contributed by atoms with Gasteiger partial charge in [-0.2, -0.15) is 0 Å². The normalized spacial score (nSPS) is 14.4. The van der Waals surface area contributed by atoms with Crippen LogP contribution in [0.3, 0.4) is 0 Å². The number of fused-ring (bicyclic) bond motifs is 2. The van der Waals surface area contributed by atoms with Crippen LogP contribution in [0.4, 0.5) is 0 Å². The van der Waals surface area contributed by atoms with Gasteiger partial charge < -0.3 is 48.2 Å². The van der Waals surface area contributed by atoms with Gasteiger partial charge in [-0.05, 0) is 48.4 Å². The van der Waals surface area contributed by atoms with Gasteiger partial charge in [0.15, 0.2) is 5.96 Å². The summed E-state index contributed by atoms with van der Waals surface area (Å²) in [5.74, 6) is -3.50. The SMILES string of the molecule is CCC(C)C(NC(=O)C(Cc1c[nH]c2ccccc12)NC(=O)C(CCCN=C(N)N)NC(=O)C(N)Cc1c[nH]c2ccccc12)C(=O)O. The Bertz CT molecular complexity index is 1760. The first-order chi connectivity index (χ1) is 23.0. The Labute approximate surface area is 278 Å². The van der Waals surface area contributed by atoms with Crippen LogP contribution < -0.4 is 33.2 Å². The molecule has 0 saturated heterocycles. The van der Waals surface area contributed by atoms with Gasteiger partial charge in [-0.3, -0.25) is 19.4 Å². The fourth-order valence-corrected chi connectivity index (χ4v) is 5.62. The number of aliphatic carboxylic acids is 1. The van der Waals surface area contributed by atoms with E-state index in [9.17, 15) is 24.3 Å². The molecule has 0 saturated carbocycles. The number of hydrogen-bond donors (Lipinski definition) is 9. The molecule has 2 heterocycles. The van der Waals surface area contributed by atoms with Crippen molar-refractivity contribution in [1.29, 1.82) is 0 Å². The van der Waals surface area contributed by atoms with Gasteiger partial charge in [-0.15, -0.1) is 0 Å². The van der Waals surface area contributed by atoms with E-state index in [1.807, 2.05) is 55.5 Å². The summed E-state index contributed by atoms with van der Waals surface area (Å²) in [6, 6.07) is 10.8. The standard InChI is InChI=1S/C34H45N9O5/c1-3-19(2)29(33(47)48)43-32(46)28(16-21-18-40-26-12-7-5-10-23(21)26)42-31(45)27(13-8-14-38-34(36)37)41-30(44)24(35)15-20-17-39-25-11-6-4-9-22(20)25/h4-7,9-12,17-19,24,27-29,39-40H,3,8,13-16,35H2,1-2H3,(H,41,44)(H,42,45)(H,43,46)(H,47,48)(H4,36,37,38). The number of nitrogens with zero attached hydrogens (tertiary/aromatic N) is 1. The number of carbonyl (C=O) groups excluding carboxylic acids is 3. The van der Waals surface area contributed by atoms with Gasteiger partial charge in [0, 0.05) is 47.2 Å². The largest absolute Gasteiger partial charge is 0.480 e. The molecule has 0 bridgehead atoms. The zero-order valence-electron chi connectivity index (χ0n) is 27.2. The van der Waals surface area contributed by atoms with E-state index in [4.69, 9.17) is 17.2 Å². The zero-order chi connectivity index (χ0) is 34.8. The minimum Gasteiger partial charge on any atom is -0.480 e. The quantitative estimate of drug-likeness (QED) is 0.0454. The van der Waals surface area contributed by atoms with Crippen molar-refractivity contribution in [3.8, 4) is 0 Å². The van der Waals surface area contributed by atoms with Gasteiger partial charge in [-0.25, -0.2) is 4.79 Å². The third-order valence-corrected chi connectivity index (χ3v) is 8.54. The van der Waals surface area contributed by atoms with Crippen molar-refractivity contribution in [1.82, 2.24) is 25.9 Å². The van der Waals surface area contributed by atoms with Crippen LogP contribution in [-0.2, 0) is 32.0 Å². The number of hydrogen-bond acceptors (Lipinski definition) is 6. The molecule has 0 spiro atoms. The number of para-hydroxylation sites is 2. The molecule has 48 heavy (non-hydrogen) atoms. The van der Waals surface area contributed by atoms with Crippen molar-refractivity contribution in [3.63, 3.8) is 0 Å². The van der Waals surface area contributed by atoms with Crippen LogP contribution in [0.25, 0.3) is 21.8 Å². The number of benzene rings is 2. The molecule has 0 aliphatic heterocycles. The van der Waals surface area contributed by atoms with E-state index >= 15 is 0 Å². The summed E-state index contributed by atoms with van der Waals surface area (Å²) in [5.41, 5.74) is 20.6. The number of amides is 3. The summed E-state index contributed by atoms with van der Waals surface area (Å²) in [6.45, 7) is 3.77. The second-order valence-corrected chi connectivity index (χ2v) is 12.0. The zero-order valence-corrected chi connectivity index (χ0v) is 27.2. The number of carbonyl (C=O) groups is 4. The minimum atomic E-state index is -1.18. The van der Waals surface area contributed by atoms with Crippen molar-refractivity contribution < 1.29 is 24.3 Å². The molecule has 14 nitrogen and oxygen atoms in total. The summed E-state index contributed by atoms with van der Waals surface area (Å²) < 4.78 is 0. The molecule has 4 aromatic rings. The van der Waals surface area contributed by atoms with E-state index < -0.39 is 47.9 Å². The molecular formula is C34H45N9O5. The number of aromatic nitrogens is 2. The van der Waals surface area contributed by atoms with E-state index in [1.165, 1.54) is 0 Å². The topological polar surface area (TPSA) is 247 Å². The number of H-pyrrole nitrogens is 2. The molecule has 12 N–H and O–H groups in total. The Morgan fingerprint density at radius 2 is 1.35 bits per heavy atom. The highest BCUT2D eigenvalue weighted by Gasteiger charge is 2.32. The average molecular weight is 660 g/mol. The summed E-state index contributed by atoms with van der Waals surface area (Å²) in [5, 5.41) is 19.8. The molecule has 5 atom stereocenters. The van der Waals surface area contributed by atoms with Crippen LogP contribution in [0.15, 0.2) is 65.9 Å². The first-order valence-corrected chi connectivity index (χ1v) is 16.0. The first-order valence-electron chi connectivity index (χ1n) is 16.0. The predicted octanol–water partition coefficient (Wildman–Crippen LogP) is 1.40. The summed E-state index contributed by atoms with van der Waals surface area (Å²) in [6.07, 6.45) is 4.81. The summed E-state index contributed by atoms with van der Waals surface area (Å²) in [7, 11) is 0. The molecule has 0 radical (unpaired) electrons. The Kier molecular flexibility index (Phi) is 12.2. The molecule has 3 amide bonds. The lowest BCUT2D eigenvalue weighted by Crippen LogP contribution is -2.58. The Balaban J connectivity index is 1.56. The van der Waals surface area contributed by atoms with Crippen LogP contribution in [0.1, 0.15) is 44.2 Å². The number of nitrogens with one attached hydrogen (secondary N) is 5. The molecule has 0 fully saturated rings. The number of aliphatic imine (C=N–C) groups is 1. The minimum absolute atomic E-state index is 0.0587. The van der Waals surface area contributed by atoms with E-state index in [2.05, 4.69) is 30.9 Å². The van der Waals surface area contributed by atoms with Gasteiger partial charge >= 0.3 is 5.97 Å². The Hall–Kier alpha value is -5.37. The lowest BCUT2D eigenvalue weighted by atomic mass is 9.97. The van der Waals surface area contributed by atoms with E-state index in [0.29, 0.717) is 12.8 Å². The van der Waals surface area contributed by atoms with Gasteiger partial charge in [0.2, 0.25) is 17.7 Å². The lowest BCUT2D eigenvalue weighted by molar-refractivity contribution is -0.143. The summed E-state index contributed by atoms with van der Waals surface area (Å²) in [4.78, 5) is 63.3. The molecule has 4 rings (SSSR count). The second kappa shape index (κ2) is 16.5. The summed E-state index contributed by atoms with van der Waals surface area (Å²) >= 11 is 0. The molecule has 0 aliphatic carbocycles. The highest BCUT2D eigenvalue weighted by molar-refractivity contribution is 5.95. The Morgan fingerprint density at radius 3 is 1.92 bits per heavy atom. The van der Waals surface area contributed by atoms with Gasteiger partial charge in [0.25, 0.3) is 0 Å². The molecule has 0 aliphatic rings. The number of guanidine groups is 1. The van der Waals surface area contributed by atoms with Gasteiger partial charge in [0.05, 0.1) is 6.04 Å². The smallest absolute Gasteiger partial charge is 0.326 e. The van der Waals surface area contributed by atoms with Crippen molar-refractivity contribution in [2.45, 2.75) is 70.1 Å². The monoisotopic (exact) mass is 659 g/mol. The van der Waals surface area contributed by atoms with E-state index in [0.717, 1.165) is 32.9 Å². The number of carboxylic acid groups (broad SMARTS) is 1. The van der Waals surface area contributed by atoms with E-state index in [-0.39, 0.29) is 37.7 Å². The number of rotatable bonds is 17. The third-order valence-electron chi connectivity index (χ3n) is 8.54. The fourth-order valence-electron chi connectivity index (χ4n) is 5.62. The number of aromatic amines is 2. The van der Waals surface area contributed by atoms with Crippen LogP contribution in [0, 0.1) is 5.92 Å². The lowest BCUT2D eigenvalue weighted by Gasteiger charge is -2.26. The highest BCUT2D eigenvalue weighted by Crippen LogP contribution is 2.21. The number of nitrogens with two attached hydrogens (primary N) is 3.